The van der Waals surface area contributed by atoms with Crippen molar-refractivity contribution in [3.05, 3.63) is 36.0 Å². The minimum absolute atomic E-state index is 0.143. The average molecular weight is 190 g/mol. The van der Waals surface area contributed by atoms with Crippen molar-refractivity contribution in [2.75, 3.05) is 5.75 Å². The molecule has 0 unspecified atom stereocenters. The Labute approximate surface area is 72.0 Å². The second-order valence-electron chi connectivity index (χ2n) is 2.07. The zero-order valence-electron chi connectivity index (χ0n) is 6.88. The quantitative estimate of drug-likeness (QED) is 0.635. The maximum absolute atomic E-state index is 12.5. The highest BCUT2D eigenvalue weighted by atomic mass is 32.2. The Morgan fingerprint density at radius 2 is 2.08 bits per heavy atom. The van der Waals surface area contributed by atoms with Crippen LogP contribution in [0.4, 0.5) is 4.39 Å². The molecule has 0 bridgehead atoms. The Morgan fingerprint density at radius 1 is 1.58 bits per heavy atom. The molecule has 0 N–H and O–H groups in total. The van der Waals surface area contributed by atoms with Crippen molar-refractivity contribution in [3.8, 4) is 0 Å². The van der Waals surface area contributed by atoms with Gasteiger partial charge < -0.3 is 0 Å². The van der Waals surface area contributed by atoms with Gasteiger partial charge in [-0.1, -0.05) is 26.2 Å². The summed E-state index contributed by atoms with van der Waals surface area (Å²) in [6, 6.07) is 0. The van der Waals surface area contributed by atoms with Crippen molar-refractivity contribution >= 4 is 9.84 Å². The standard InChI is InChI=1S/C8H11FO2S/c1-4-6-8(7(3)9)12(10,11)5-2/h4,6H,1,3,5H2,2H3/b8-6+. The Bertz CT molecular complexity index is 312. The van der Waals surface area contributed by atoms with Crippen LogP contribution in [0.25, 0.3) is 0 Å². The number of rotatable bonds is 4. The zero-order chi connectivity index (χ0) is 9.78. The molecule has 4 heteroatoms. The molecule has 12 heavy (non-hydrogen) atoms. The van der Waals surface area contributed by atoms with Crippen LogP contribution in [0.2, 0.25) is 0 Å². The fourth-order valence-electron chi connectivity index (χ4n) is 0.625. The molecule has 0 amide bonds. The van der Waals surface area contributed by atoms with E-state index in [4.69, 9.17) is 0 Å². The summed E-state index contributed by atoms with van der Waals surface area (Å²) in [5.74, 6) is -1.09. The van der Waals surface area contributed by atoms with E-state index in [1.807, 2.05) is 0 Å². The van der Waals surface area contributed by atoms with E-state index in [1.54, 1.807) is 0 Å². The van der Waals surface area contributed by atoms with Crippen LogP contribution in [0, 0.1) is 0 Å². The van der Waals surface area contributed by atoms with E-state index in [0.717, 1.165) is 6.08 Å². The molecule has 0 saturated heterocycles. The largest absolute Gasteiger partial charge is 0.224 e. The minimum atomic E-state index is -3.51. The topological polar surface area (TPSA) is 34.1 Å². The van der Waals surface area contributed by atoms with Gasteiger partial charge in [-0.15, -0.1) is 0 Å². The lowest BCUT2D eigenvalue weighted by Crippen LogP contribution is -2.06. The summed E-state index contributed by atoms with van der Waals surface area (Å²) in [5.41, 5.74) is 0. The zero-order valence-corrected chi connectivity index (χ0v) is 7.70. The fourth-order valence-corrected chi connectivity index (χ4v) is 1.58. The average Bonchev–Trinajstić information content (AvgIpc) is 1.99. The highest BCUT2D eigenvalue weighted by molar-refractivity contribution is 7.95. The van der Waals surface area contributed by atoms with Gasteiger partial charge in [0.25, 0.3) is 0 Å². The van der Waals surface area contributed by atoms with E-state index in [1.165, 1.54) is 13.0 Å². The summed E-state index contributed by atoms with van der Waals surface area (Å²) in [6.07, 6.45) is 2.31. The first kappa shape index (κ1) is 11.1. The summed E-state index contributed by atoms with van der Waals surface area (Å²) in [7, 11) is -3.51. The van der Waals surface area contributed by atoms with Crippen LogP contribution in [0.3, 0.4) is 0 Å². The predicted octanol–water partition coefficient (Wildman–Crippen LogP) is 1.97. The van der Waals surface area contributed by atoms with E-state index in [2.05, 4.69) is 13.2 Å². The molecule has 0 radical (unpaired) electrons. The normalized spacial score (nSPS) is 12.7. The van der Waals surface area contributed by atoms with Gasteiger partial charge >= 0.3 is 0 Å². The third-order valence-electron chi connectivity index (χ3n) is 1.25. The molecule has 68 valence electrons. The Balaban J connectivity index is 5.17. The molecule has 0 aliphatic carbocycles. The lowest BCUT2D eigenvalue weighted by molar-refractivity contribution is 0.597. The molecule has 0 aromatic heterocycles. The van der Waals surface area contributed by atoms with Crippen molar-refractivity contribution in [1.82, 2.24) is 0 Å². The summed E-state index contributed by atoms with van der Waals surface area (Å²) >= 11 is 0. The highest BCUT2D eigenvalue weighted by Gasteiger charge is 2.17. The van der Waals surface area contributed by atoms with E-state index >= 15 is 0 Å². The van der Waals surface area contributed by atoms with Gasteiger partial charge in [-0.05, 0) is 6.08 Å². The van der Waals surface area contributed by atoms with E-state index in [9.17, 15) is 12.8 Å². The van der Waals surface area contributed by atoms with Gasteiger partial charge in [0.15, 0.2) is 9.84 Å². The van der Waals surface area contributed by atoms with Gasteiger partial charge in [0, 0.05) is 0 Å². The van der Waals surface area contributed by atoms with E-state index < -0.39 is 15.7 Å². The van der Waals surface area contributed by atoms with Gasteiger partial charge in [-0.3, -0.25) is 0 Å². The van der Waals surface area contributed by atoms with Crippen LogP contribution in [-0.2, 0) is 9.84 Å². The van der Waals surface area contributed by atoms with Crippen LogP contribution in [-0.4, -0.2) is 14.2 Å². The van der Waals surface area contributed by atoms with Crippen LogP contribution < -0.4 is 0 Å². The Morgan fingerprint density at radius 3 is 2.33 bits per heavy atom. The second-order valence-corrected chi connectivity index (χ2v) is 4.32. The first-order valence-electron chi connectivity index (χ1n) is 3.36. The molecule has 0 rings (SSSR count). The summed E-state index contributed by atoms with van der Waals surface area (Å²) < 4.78 is 34.8. The highest BCUT2D eigenvalue weighted by Crippen LogP contribution is 2.17. The first-order chi connectivity index (χ1) is 5.45. The third kappa shape index (κ3) is 2.62. The SMILES string of the molecule is C=C/C=C(\C(=C)F)S(=O)(=O)CC. The van der Waals surface area contributed by atoms with Crippen LogP contribution >= 0.6 is 0 Å². The molecule has 0 aliphatic heterocycles. The molecule has 0 spiro atoms. The van der Waals surface area contributed by atoms with Crippen molar-refractivity contribution < 1.29 is 12.8 Å². The van der Waals surface area contributed by atoms with Gasteiger partial charge in [0.2, 0.25) is 0 Å². The van der Waals surface area contributed by atoms with Crippen molar-refractivity contribution in [3.63, 3.8) is 0 Å². The maximum Gasteiger partial charge on any atom is 0.180 e. The summed E-state index contributed by atoms with van der Waals surface area (Å²) in [5, 5.41) is 0. The lowest BCUT2D eigenvalue weighted by atomic mass is 10.4. The fraction of sp³-hybridized carbons (Fsp3) is 0.250. The molecular weight excluding hydrogens is 179 g/mol. The van der Waals surface area contributed by atoms with Crippen LogP contribution in [0.5, 0.6) is 0 Å². The molecule has 0 atom stereocenters. The Hall–Kier alpha value is -0.900. The molecule has 0 aromatic carbocycles. The number of hydrogen-bond donors (Lipinski definition) is 0. The van der Waals surface area contributed by atoms with Crippen LogP contribution in [0.15, 0.2) is 36.0 Å². The molecule has 0 heterocycles. The number of hydrogen-bond acceptors (Lipinski definition) is 2. The van der Waals surface area contributed by atoms with Gasteiger partial charge in [0.1, 0.15) is 10.7 Å². The minimum Gasteiger partial charge on any atom is -0.224 e. The van der Waals surface area contributed by atoms with Crippen LogP contribution in [0.1, 0.15) is 6.92 Å². The van der Waals surface area contributed by atoms with Gasteiger partial charge in [-0.2, -0.15) is 0 Å². The second kappa shape index (κ2) is 4.21. The van der Waals surface area contributed by atoms with E-state index in [-0.39, 0.29) is 10.7 Å². The number of sulfone groups is 1. The molecular formula is C8H11FO2S. The maximum atomic E-state index is 12.5. The third-order valence-corrected chi connectivity index (χ3v) is 3.04. The summed E-state index contributed by atoms with van der Waals surface area (Å²) in [4.78, 5) is -0.389. The van der Waals surface area contributed by atoms with Crippen molar-refractivity contribution in [1.29, 1.82) is 0 Å². The molecule has 2 nitrogen and oxygen atoms in total. The Kier molecular flexibility index (Phi) is 3.89. The van der Waals surface area contributed by atoms with Gasteiger partial charge in [0.05, 0.1) is 5.75 Å². The molecule has 0 fully saturated rings. The van der Waals surface area contributed by atoms with Gasteiger partial charge in [-0.25, -0.2) is 12.8 Å². The predicted molar refractivity (Wildman–Crippen MR) is 48.0 cm³/mol. The molecule has 0 saturated carbocycles. The number of allylic oxidation sites excluding steroid dienone is 3. The summed E-state index contributed by atoms with van der Waals surface area (Å²) in [6.45, 7) is 7.65. The molecule has 0 aromatic rings. The smallest absolute Gasteiger partial charge is 0.180 e. The molecule has 0 aliphatic rings. The monoisotopic (exact) mass is 190 g/mol. The van der Waals surface area contributed by atoms with Crippen molar-refractivity contribution in [2.24, 2.45) is 0 Å². The van der Waals surface area contributed by atoms with E-state index in [0.29, 0.717) is 0 Å². The first-order valence-corrected chi connectivity index (χ1v) is 5.01. The lowest BCUT2D eigenvalue weighted by Gasteiger charge is -2.01. The van der Waals surface area contributed by atoms with Crippen molar-refractivity contribution in [2.45, 2.75) is 6.92 Å². The number of halogens is 1.